The molecule has 0 saturated heterocycles. The summed E-state index contributed by atoms with van der Waals surface area (Å²) in [7, 11) is 3.28. The first kappa shape index (κ1) is 18.2. The van der Waals surface area contributed by atoms with E-state index in [1.54, 1.807) is 12.1 Å². The van der Waals surface area contributed by atoms with E-state index in [-0.39, 0.29) is 11.5 Å². The van der Waals surface area contributed by atoms with Crippen molar-refractivity contribution in [1.82, 2.24) is 4.90 Å². The van der Waals surface area contributed by atoms with Crippen LogP contribution in [0.5, 0.6) is 11.5 Å². The Bertz CT molecular complexity index is 637. The number of benzene rings is 2. The Labute approximate surface area is 140 Å². The van der Waals surface area contributed by atoms with Gasteiger partial charge in [0.25, 0.3) is 0 Å². The van der Waals surface area contributed by atoms with Gasteiger partial charge < -0.3 is 14.6 Å². The summed E-state index contributed by atoms with van der Waals surface area (Å²) in [5, 5.41) is 10.2. The third kappa shape index (κ3) is 5.18. The predicted octanol–water partition coefficient (Wildman–Crippen LogP) is 3.46. The molecule has 0 amide bonds. The molecule has 0 heterocycles. The van der Waals surface area contributed by atoms with Crippen LogP contribution in [0.1, 0.15) is 17.2 Å². The summed E-state index contributed by atoms with van der Waals surface area (Å²) < 4.78 is 34.2. The van der Waals surface area contributed by atoms with Crippen LogP contribution in [-0.4, -0.2) is 37.3 Å². The van der Waals surface area contributed by atoms with Crippen LogP contribution in [0.25, 0.3) is 0 Å². The summed E-state index contributed by atoms with van der Waals surface area (Å²) in [4.78, 5) is 1.94. The van der Waals surface area contributed by atoms with E-state index >= 15 is 0 Å². The van der Waals surface area contributed by atoms with Gasteiger partial charge in [-0.2, -0.15) is 8.78 Å². The lowest BCUT2D eigenvalue weighted by molar-refractivity contribution is -0.0512. The third-order valence-corrected chi connectivity index (χ3v) is 3.57. The minimum absolute atomic E-state index is 0.00298. The molecule has 2 rings (SSSR count). The smallest absolute Gasteiger partial charge is 0.387 e. The topological polar surface area (TPSA) is 41.9 Å². The zero-order valence-electron chi connectivity index (χ0n) is 13.7. The van der Waals surface area contributed by atoms with Gasteiger partial charge in [0.15, 0.2) is 11.5 Å². The molecule has 0 spiro atoms. The van der Waals surface area contributed by atoms with Crippen LogP contribution in [0, 0.1) is 0 Å². The molecular formula is C18H21F2NO3. The van der Waals surface area contributed by atoms with Gasteiger partial charge in [0, 0.05) is 13.1 Å². The van der Waals surface area contributed by atoms with Gasteiger partial charge in [0.2, 0.25) is 0 Å². The first-order chi connectivity index (χ1) is 11.5. The van der Waals surface area contributed by atoms with Crippen molar-refractivity contribution in [3.63, 3.8) is 0 Å². The number of ether oxygens (including phenoxy) is 2. The van der Waals surface area contributed by atoms with Gasteiger partial charge in [-0.3, -0.25) is 4.90 Å². The number of aliphatic hydroxyl groups excluding tert-OH is 1. The fourth-order valence-electron chi connectivity index (χ4n) is 2.46. The van der Waals surface area contributed by atoms with Crippen LogP contribution in [-0.2, 0) is 6.54 Å². The van der Waals surface area contributed by atoms with E-state index in [9.17, 15) is 13.9 Å². The summed E-state index contributed by atoms with van der Waals surface area (Å²) in [5.41, 5.74) is 1.72. The number of aliphatic hydroxyl groups is 1. The summed E-state index contributed by atoms with van der Waals surface area (Å²) in [6.45, 7) is -1.91. The van der Waals surface area contributed by atoms with E-state index in [0.29, 0.717) is 13.1 Å². The molecule has 1 N–H and O–H groups in total. The minimum atomic E-state index is -2.89. The Hall–Kier alpha value is -2.18. The molecule has 24 heavy (non-hydrogen) atoms. The number of halogens is 2. The molecule has 0 fully saturated rings. The first-order valence-corrected chi connectivity index (χ1v) is 7.53. The van der Waals surface area contributed by atoms with Crippen molar-refractivity contribution in [2.75, 3.05) is 20.7 Å². The minimum Gasteiger partial charge on any atom is -0.493 e. The zero-order valence-corrected chi connectivity index (χ0v) is 13.7. The molecule has 130 valence electrons. The fraction of sp³-hybridized carbons (Fsp3) is 0.333. The second-order valence-corrected chi connectivity index (χ2v) is 5.49. The highest BCUT2D eigenvalue weighted by atomic mass is 19.3. The molecule has 0 aromatic heterocycles. The quantitative estimate of drug-likeness (QED) is 0.801. The number of methoxy groups -OCH3 is 1. The van der Waals surface area contributed by atoms with Gasteiger partial charge in [-0.15, -0.1) is 0 Å². The van der Waals surface area contributed by atoms with E-state index in [1.165, 1.54) is 13.2 Å². The summed E-state index contributed by atoms with van der Waals surface area (Å²) in [6.07, 6.45) is -0.598. The van der Waals surface area contributed by atoms with E-state index in [4.69, 9.17) is 4.74 Å². The molecule has 0 aliphatic carbocycles. The molecule has 1 atom stereocenters. The highest BCUT2D eigenvalue weighted by Gasteiger charge is 2.14. The lowest BCUT2D eigenvalue weighted by Gasteiger charge is -2.21. The lowest BCUT2D eigenvalue weighted by Crippen LogP contribution is -2.24. The molecule has 4 nitrogen and oxygen atoms in total. The van der Waals surface area contributed by atoms with Gasteiger partial charge in [-0.05, 0) is 30.3 Å². The Morgan fingerprint density at radius 2 is 1.79 bits per heavy atom. The molecule has 2 aromatic rings. The van der Waals surface area contributed by atoms with Crippen LogP contribution < -0.4 is 9.47 Å². The monoisotopic (exact) mass is 337 g/mol. The Kier molecular flexibility index (Phi) is 6.52. The average molecular weight is 337 g/mol. The fourth-order valence-corrected chi connectivity index (χ4v) is 2.46. The van der Waals surface area contributed by atoms with Crippen molar-refractivity contribution in [2.45, 2.75) is 19.3 Å². The molecule has 6 heteroatoms. The number of nitrogens with zero attached hydrogens (tertiary/aromatic N) is 1. The van der Waals surface area contributed by atoms with Crippen LogP contribution in [0.3, 0.4) is 0 Å². The molecule has 0 aliphatic rings. The van der Waals surface area contributed by atoms with Crippen molar-refractivity contribution in [1.29, 1.82) is 0 Å². The standard InChI is InChI=1S/C18H21F2NO3/c1-21(12-15(22)14-6-4-3-5-7-14)11-13-8-9-16(24-18(19)20)17(10-13)23-2/h3-10,15,18,22H,11-12H2,1-2H3/t15-/m1/s1. The second kappa shape index (κ2) is 8.61. The van der Waals surface area contributed by atoms with Gasteiger partial charge in [0.05, 0.1) is 13.2 Å². The Balaban J connectivity index is 1.99. The van der Waals surface area contributed by atoms with E-state index in [2.05, 4.69) is 4.74 Å². The highest BCUT2D eigenvalue weighted by Crippen LogP contribution is 2.30. The maximum Gasteiger partial charge on any atom is 0.387 e. The number of hydrogen-bond acceptors (Lipinski definition) is 4. The number of likely N-dealkylation sites (N-methyl/N-ethyl adjacent to an activating group) is 1. The van der Waals surface area contributed by atoms with E-state index < -0.39 is 12.7 Å². The number of alkyl halides is 2. The maximum atomic E-state index is 12.3. The van der Waals surface area contributed by atoms with Crippen LogP contribution >= 0.6 is 0 Å². The molecule has 0 unspecified atom stereocenters. The zero-order chi connectivity index (χ0) is 17.5. The summed E-state index contributed by atoms with van der Waals surface area (Å²) in [5.74, 6) is 0.257. The van der Waals surface area contributed by atoms with Gasteiger partial charge >= 0.3 is 6.61 Å². The van der Waals surface area contributed by atoms with E-state index in [1.807, 2.05) is 42.3 Å². The molecule has 2 aromatic carbocycles. The van der Waals surface area contributed by atoms with Gasteiger partial charge in [0.1, 0.15) is 0 Å². The first-order valence-electron chi connectivity index (χ1n) is 7.53. The van der Waals surface area contributed by atoms with Crippen molar-refractivity contribution >= 4 is 0 Å². The largest absolute Gasteiger partial charge is 0.493 e. The Morgan fingerprint density at radius 3 is 2.42 bits per heavy atom. The highest BCUT2D eigenvalue weighted by molar-refractivity contribution is 5.43. The van der Waals surface area contributed by atoms with Gasteiger partial charge in [-0.25, -0.2) is 0 Å². The van der Waals surface area contributed by atoms with Crippen LogP contribution in [0.4, 0.5) is 8.78 Å². The Morgan fingerprint density at radius 1 is 1.08 bits per heavy atom. The summed E-state index contributed by atoms with van der Waals surface area (Å²) >= 11 is 0. The molecule has 0 aliphatic heterocycles. The number of hydrogen-bond donors (Lipinski definition) is 1. The summed E-state index contributed by atoms with van der Waals surface area (Å²) in [6, 6.07) is 14.2. The number of rotatable bonds is 8. The maximum absolute atomic E-state index is 12.3. The SMILES string of the molecule is COc1cc(CN(C)C[C@@H](O)c2ccccc2)ccc1OC(F)F. The molecule has 0 bridgehead atoms. The normalized spacial score (nSPS) is 12.5. The second-order valence-electron chi connectivity index (χ2n) is 5.49. The lowest BCUT2D eigenvalue weighted by atomic mass is 10.1. The van der Waals surface area contributed by atoms with Crippen LogP contribution in [0.15, 0.2) is 48.5 Å². The molecule has 0 saturated carbocycles. The molecular weight excluding hydrogens is 316 g/mol. The third-order valence-electron chi connectivity index (χ3n) is 3.57. The average Bonchev–Trinajstić information content (AvgIpc) is 2.56. The van der Waals surface area contributed by atoms with Crippen LogP contribution in [0.2, 0.25) is 0 Å². The predicted molar refractivity (Wildman–Crippen MR) is 87.4 cm³/mol. The molecule has 0 radical (unpaired) electrons. The van der Waals surface area contributed by atoms with Crippen molar-refractivity contribution in [3.8, 4) is 11.5 Å². The van der Waals surface area contributed by atoms with Crippen molar-refractivity contribution in [2.24, 2.45) is 0 Å². The van der Waals surface area contributed by atoms with E-state index in [0.717, 1.165) is 11.1 Å². The van der Waals surface area contributed by atoms with Crippen molar-refractivity contribution < 1.29 is 23.4 Å². The van der Waals surface area contributed by atoms with Gasteiger partial charge in [-0.1, -0.05) is 36.4 Å². The van der Waals surface area contributed by atoms with Crippen molar-refractivity contribution in [3.05, 3.63) is 59.7 Å².